The van der Waals surface area contributed by atoms with Crippen molar-refractivity contribution >= 4 is 5.91 Å². The van der Waals surface area contributed by atoms with Gasteiger partial charge in [0.05, 0.1) is 0 Å². The van der Waals surface area contributed by atoms with Crippen LogP contribution in [-0.4, -0.2) is 5.91 Å². The van der Waals surface area contributed by atoms with Gasteiger partial charge in [-0.3, -0.25) is 4.79 Å². The van der Waals surface area contributed by atoms with Crippen LogP contribution in [0.5, 0.6) is 0 Å². The van der Waals surface area contributed by atoms with Crippen molar-refractivity contribution in [2.45, 2.75) is 104 Å². The molecular formula is C19H39NO. The van der Waals surface area contributed by atoms with Crippen LogP contribution in [-0.2, 0) is 4.79 Å². The molecule has 126 valence electrons. The number of allylic oxidation sites excluding steroid dienone is 2. The van der Waals surface area contributed by atoms with Gasteiger partial charge in [0.2, 0.25) is 5.91 Å². The maximum absolute atomic E-state index is 10.5. The minimum atomic E-state index is -0.164. The average molecular weight is 298 g/mol. The number of hydrogen-bond donors (Lipinski definition) is 1. The minimum absolute atomic E-state index is 0. The normalized spacial score (nSPS) is 10.7. The first-order valence-electron chi connectivity index (χ1n) is 8.70. The summed E-state index contributed by atoms with van der Waals surface area (Å²) in [5.41, 5.74) is 5.10. The molecule has 0 aromatic carbocycles. The quantitative estimate of drug-likeness (QED) is 0.286. The minimum Gasteiger partial charge on any atom is -0.370 e. The van der Waals surface area contributed by atoms with Crippen molar-refractivity contribution in [1.29, 1.82) is 0 Å². The molecule has 0 saturated carbocycles. The van der Waals surface area contributed by atoms with Gasteiger partial charge in [-0.15, -0.1) is 0 Å². The number of unbranched alkanes of at least 4 members (excludes halogenated alkanes) is 11. The Morgan fingerprint density at radius 1 is 0.762 bits per heavy atom. The van der Waals surface area contributed by atoms with E-state index in [1.165, 1.54) is 70.6 Å². The SMILES string of the molecule is C.CCCCCCCC/C=C\CCCCCCCC(N)=O. The third-order valence-corrected chi connectivity index (χ3v) is 3.68. The van der Waals surface area contributed by atoms with Gasteiger partial charge >= 0.3 is 0 Å². The molecule has 2 heteroatoms. The standard InChI is InChI=1S/C18H35NO.CH4/c1-2-3-4-5-6-7-8-9-10-11-12-13-14-15-16-17-18(19)20;/h9-10H,2-8,11-17H2,1H3,(H2,19,20);1H4/b10-9-;. The smallest absolute Gasteiger partial charge is 0.217 e. The van der Waals surface area contributed by atoms with E-state index in [1.54, 1.807) is 0 Å². The lowest BCUT2D eigenvalue weighted by Crippen LogP contribution is -2.09. The maximum Gasteiger partial charge on any atom is 0.217 e. The molecule has 0 aliphatic carbocycles. The Morgan fingerprint density at radius 2 is 1.19 bits per heavy atom. The molecule has 0 aliphatic heterocycles. The molecular weight excluding hydrogens is 258 g/mol. The Labute approximate surface area is 133 Å². The van der Waals surface area contributed by atoms with E-state index in [1.807, 2.05) is 0 Å². The third kappa shape index (κ3) is 21.7. The first-order chi connectivity index (χ1) is 9.77. The summed E-state index contributed by atoms with van der Waals surface area (Å²) in [5.74, 6) is -0.164. The highest BCUT2D eigenvalue weighted by molar-refractivity contribution is 5.73. The Hall–Kier alpha value is -0.790. The second-order valence-electron chi connectivity index (χ2n) is 5.80. The highest BCUT2D eigenvalue weighted by atomic mass is 16.1. The molecule has 21 heavy (non-hydrogen) atoms. The Balaban J connectivity index is 0. The molecule has 0 bridgehead atoms. The lowest BCUT2D eigenvalue weighted by molar-refractivity contribution is -0.118. The summed E-state index contributed by atoms with van der Waals surface area (Å²) in [6, 6.07) is 0. The molecule has 2 N–H and O–H groups in total. The van der Waals surface area contributed by atoms with Gasteiger partial charge in [-0.25, -0.2) is 0 Å². The fourth-order valence-electron chi connectivity index (χ4n) is 2.37. The molecule has 0 saturated heterocycles. The first kappa shape index (κ1) is 22.5. The van der Waals surface area contributed by atoms with Gasteiger partial charge in [0.1, 0.15) is 0 Å². The summed E-state index contributed by atoms with van der Waals surface area (Å²) in [6.07, 6.45) is 21.9. The molecule has 0 spiro atoms. The van der Waals surface area contributed by atoms with Crippen molar-refractivity contribution < 1.29 is 4.79 Å². The van der Waals surface area contributed by atoms with E-state index in [9.17, 15) is 4.79 Å². The zero-order valence-corrected chi connectivity index (χ0v) is 13.5. The van der Waals surface area contributed by atoms with E-state index >= 15 is 0 Å². The fourth-order valence-corrected chi connectivity index (χ4v) is 2.37. The molecule has 1 amide bonds. The number of amides is 1. The number of primary amides is 1. The molecule has 0 unspecified atom stereocenters. The van der Waals surface area contributed by atoms with E-state index in [0.717, 1.165) is 12.8 Å². The van der Waals surface area contributed by atoms with E-state index in [2.05, 4.69) is 19.1 Å². The van der Waals surface area contributed by atoms with Gasteiger partial charge in [-0.05, 0) is 32.1 Å². The number of hydrogen-bond acceptors (Lipinski definition) is 1. The summed E-state index contributed by atoms with van der Waals surface area (Å²) in [4.78, 5) is 10.5. The van der Waals surface area contributed by atoms with Crippen LogP contribution in [0.1, 0.15) is 104 Å². The van der Waals surface area contributed by atoms with Crippen molar-refractivity contribution in [3.8, 4) is 0 Å². The lowest BCUT2D eigenvalue weighted by atomic mass is 10.1. The van der Waals surface area contributed by atoms with Gasteiger partial charge in [-0.1, -0.05) is 77.9 Å². The third-order valence-electron chi connectivity index (χ3n) is 3.68. The van der Waals surface area contributed by atoms with Crippen LogP contribution < -0.4 is 5.73 Å². The van der Waals surface area contributed by atoms with E-state index in [-0.39, 0.29) is 13.3 Å². The van der Waals surface area contributed by atoms with Crippen LogP contribution in [0.25, 0.3) is 0 Å². The molecule has 0 heterocycles. The van der Waals surface area contributed by atoms with Crippen LogP contribution in [0.3, 0.4) is 0 Å². The zero-order valence-electron chi connectivity index (χ0n) is 13.5. The van der Waals surface area contributed by atoms with Gasteiger partial charge < -0.3 is 5.73 Å². The van der Waals surface area contributed by atoms with Crippen molar-refractivity contribution in [2.75, 3.05) is 0 Å². The molecule has 2 nitrogen and oxygen atoms in total. The van der Waals surface area contributed by atoms with Gasteiger partial charge in [0, 0.05) is 6.42 Å². The predicted molar refractivity (Wildman–Crippen MR) is 95.4 cm³/mol. The van der Waals surface area contributed by atoms with E-state index < -0.39 is 0 Å². The second-order valence-corrected chi connectivity index (χ2v) is 5.80. The summed E-state index contributed by atoms with van der Waals surface area (Å²) in [6.45, 7) is 2.26. The maximum atomic E-state index is 10.5. The fraction of sp³-hybridized carbons (Fsp3) is 0.842. The largest absolute Gasteiger partial charge is 0.370 e. The number of rotatable bonds is 15. The van der Waals surface area contributed by atoms with Crippen LogP contribution in [0, 0.1) is 0 Å². The summed E-state index contributed by atoms with van der Waals surface area (Å²) in [7, 11) is 0. The molecule has 0 aromatic heterocycles. The first-order valence-corrected chi connectivity index (χ1v) is 8.70. The van der Waals surface area contributed by atoms with E-state index in [4.69, 9.17) is 5.73 Å². The van der Waals surface area contributed by atoms with Crippen molar-refractivity contribution in [1.82, 2.24) is 0 Å². The molecule has 0 aromatic rings. The van der Waals surface area contributed by atoms with Gasteiger partial charge in [-0.2, -0.15) is 0 Å². The van der Waals surface area contributed by atoms with Crippen molar-refractivity contribution in [2.24, 2.45) is 5.73 Å². The molecule has 0 radical (unpaired) electrons. The number of carbonyl (C=O) groups is 1. The highest BCUT2D eigenvalue weighted by Gasteiger charge is 1.94. The number of nitrogens with two attached hydrogens (primary N) is 1. The zero-order chi connectivity index (χ0) is 14.9. The Morgan fingerprint density at radius 3 is 1.67 bits per heavy atom. The molecule has 0 rings (SSSR count). The predicted octanol–water partition coefficient (Wildman–Crippen LogP) is 6.15. The van der Waals surface area contributed by atoms with Crippen LogP contribution in [0.2, 0.25) is 0 Å². The van der Waals surface area contributed by atoms with Crippen molar-refractivity contribution in [3.63, 3.8) is 0 Å². The molecule has 0 aliphatic rings. The summed E-state index contributed by atoms with van der Waals surface area (Å²) < 4.78 is 0. The molecule has 0 fully saturated rings. The number of carbonyl (C=O) groups excluding carboxylic acids is 1. The highest BCUT2D eigenvalue weighted by Crippen LogP contribution is 2.09. The van der Waals surface area contributed by atoms with E-state index in [0.29, 0.717) is 6.42 Å². The summed E-state index contributed by atoms with van der Waals surface area (Å²) >= 11 is 0. The Kier molecular flexibility index (Phi) is 20.6. The average Bonchev–Trinajstić information content (AvgIpc) is 2.43. The van der Waals surface area contributed by atoms with Crippen LogP contribution in [0.15, 0.2) is 12.2 Å². The van der Waals surface area contributed by atoms with Gasteiger partial charge in [0.25, 0.3) is 0 Å². The second kappa shape index (κ2) is 19.2. The Bertz CT molecular complexity index is 236. The topological polar surface area (TPSA) is 43.1 Å². The monoisotopic (exact) mass is 297 g/mol. The van der Waals surface area contributed by atoms with Crippen LogP contribution in [0.4, 0.5) is 0 Å². The molecule has 0 atom stereocenters. The summed E-state index contributed by atoms with van der Waals surface area (Å²) in [5, 5.41) is 0. The lowest BCUT2D eigenvalue weighted by Gasteiger charge is -1.99. The van der Waals surface area contributed by atoms with Crippen LogP contribution >= 0.6 is 0 Å². The van der Waals surface area contributed by atoms with Crippen molar-refractivity contribution in [3.05, 3.63) is 12.2 Å². The van der Waals surface area contributed by atoms with Gasteiger partial charge in [0.15, 0.2) is 0 Å².